The van der Waals surface area contributed by atoms with Crippen molar-refractivity contribution in [3.63, 3.8) is 0 Å². The van der Waals surface area contributed by atoms with E-state index in [9.17, 15) is 0 Å². The van der Waals surface area contributed by atoms with Gasteiger partial charge in [-0.3, -0.25) is 4.40 Å². The predicted octanol–water partition coefficient (Wildman–Crippen LogP) is 4.60. The maximum absolute atomic E-state index is 8.89. The summed E-state index contributed by atoms with van der Waals surface area (Å²) in [6.07, 6.45) is 3.91. The van der Waals surface area contributed by atoms with Gasteiger partial charge in [-0.25, -0.2) is 4.98 Å². The van der Waals surface area contributed by atoms with E-state index >= 15 is 0 Å². The third kappa shape index (κ3) is 2.09. The second kappa shape index (κ2) is 5.14. The van der Waals surface area contributed by atoms with Gasteiger partial charge in [0.1, 0.15) is 5.65 Å². The van der Waals surface area contributed by atoms with Gasteiger partial charge in [0.2, 0.25) is 0 Å². The maximum atomic E-state index is 8.89. The molecule has 0 radical (unpaired) electrons. The number of nitrogens with zero attached hydrogens (tertiary/aromatic N) is 3. The molecule has 22 heavy (non-hydrogen) atoms. The highest BCUT2D eigenvalue weighted by molar-refractivity contribution is 7.08. The van der Waals surface area contributed by atoms with Crippen molar-refractivity contribution in [1.82, 2.24) is 9.38 Å². The fourth-order valence-corrected chi connectivity index (χ4v) is 3.18. The molecule has 4 heteroatoms. The van der Waals surface area contributed by atoms with Crippen LogP contribution in [0.2, 0.25) is 0 Å². The van der Waals surface area contributed by atoms with Crippen molar-refractivity contribution in [2.24, 2.45) is 0 Å². The van der Waals surface area contributed by atoms with E-state index in [0.29, 0.717) is 5.56 Å². The summed E-state index contributed by atoms with van der Waals surface area (Å²) in [5.74, 6) is 0. The second-order valence-electron chi connectivity index (χ2n) is 4.99. The van der Waals surface area contributed by atoms with Crippen molar-refractivity contribution < 1.29 is 0 Å². The van der Waals surface area contributed by atoms with E-state index in [-0.39, 0.29) is 0 Å². The molecule has 1 aromatic carbocycles. The first-order chi connectivity index (χ1) is 10.8. The highest BCUT2D eigenvalue weighted by Gasteiger charge is 2.07. The third-order valence-electron chi connectivity index (χ3n) is 3.68. The van der Waals surface area contributed by atoms with Crippen LogP contribution in [-0.2, 0) is 0 Å². The molecule has 104 valence electrons. The first-order valence-corrected chi connectivity index (χ1v) is 7.80. The molecule has 3 nitrogen and oxygen atoms in total. The number of pyridine rings is 1. The minimum absolute atomic E-state index is 0.664. The largest absolute Gasteiger partial charge is 0.300 e. The zero-order valence-corrected chi connectivity index (χ0v) is 12.4. The smallest absolute Gasteiger partial charge is 0.137 e. The number of nitriles is 1. The van der Waals surface area contributed by atoms with Crippen LogP contribution in [0.3, 0.4) is 0 Å². The van der Waals surface area contributed by atoms with Crippen LogP contribution in [0.5, 0.6) is 0 Å². The highest BCUT2D eigenvalue weighted by Crippen LogP contribution is 2.26. The van der Waals surface area contributed by atoms with E-state index < -0.39 is 0 Å². The molecule has 0 saturated carbocycles. The predicted molar refractivity (Wildman–Crippen MR) is 88.7 cm³/mol. The Morgan fingerprint density at radius 1 is 1.00 bits per heavy atom. The number of imidazole rings is 1. The van der Waals surface area contributed by atoms with Crippen molar-refractivity contribution >= 4 is 17.0 Å². The van der Waals surface area contributed by atoms with E-state index in [1.807, 2.05) is 36.7 Å². The Kier molecular flexibility index (Phi) is 2.99. The first-order valence-electron chi connectivity index (χ1n) is 6.85. The van der Waals surface area contributed by atoms with Crippen molar-refractivity contribution in [3.8, 4) is 28.5 Å². The van der Waals surface area contributed by atoms with E-state index in [1.54, 1.807) is 11.3 Å². The van der Waals surface area contributed by atoms with Gasteiger partial charge < -0.3 is 0 Å². The van der Waals surface area contributed by atoms with Gasteiger partial charge in [0.25, 0.3) is 0 Å². The van der Waals surface area contributed by atoms with Gasteiger partial charge >= 0.3 is 0 Å². The molecule has 0 spiro atoms. The van der Waals surface area contributed by atoms with Gasteiger partial charge in [0, 0.05) is 11.8 Å². The van der Waals surface area contributed by atoms with Gasteiger partial charge in [0.15, 0.2) is 0 Å². The summed E-state index contributed by atoms with van der Waals surface area (Å²) in [6, 6.07) is 16.0. The lowest BCUT2D eigenvalue weighted by atomic mass is 10.1. The number of hydrogen-bond acceptors (Lipinski definition) is 3. The molecule has 0 fully saturated rings. The number of rotatable bonds is 2. The normalized spacial score (nSPS) is 10.7. The fraction of sp³-hybridized carbons (Fsp3) is 0. The van der Waals surface area contributed by atoms with Crippen LogP contribution >= 0.6 is 11.3 Å². The summed E-state index contributed by atoms with van der Waals surface area (Å²) < 4.78 is 2.07. The minimum atomic E-state index is 0.664. The van der Waals surface area contributed by atoms with Crippen molar-refractivity contribution in [3.05, 3.63) is 71.2 Å². The molecule has 0 N–H and O–H groups in total. The Labute approximate surface area is 131 Å². The standard InChI is InChI=1S/C18H11N3S/c19-10-13-1-3-14(4-2-13)17-11-20-18-9-15(5-7-21(17)18)16-6-8-22-12-16/h1-9,11-12H. The number of fused-ring (bicyclic) bond motifs is 1. The van der Waals surface area contributed by atoms with E-state index in [4.69, 9.17) is 5.26 Å². The van der Waals surface area contributed by atoms with Crippen molar-refractivity contribution in [2.45, 2.75) is 0 Å². The lowest BCUT2D eigenvalue weighted by Gasteiger charge is -2.04. The molecule has 4 aromatic rings. The number of benzene rings is 1. The van der Waals surface area contributed by atoms with Gasteiger partial charge in [-0.1, -0.05) is 12.1 Å². The Morgan fingerprint density at radius 3 is 2.59 bits per heavy atom. The minimum Gasteiger partial charge on any atom is -0.300 e. The number of hydrogen-bond donors (Lipinski definition) is 0. The maximum Gasteiger partial charge on any atom is 0.137 e. The van der Waals surface area contributed by atoms with Crippen LogP contribution in [0.1, 0.15) is 5.56 Å². The van der Waals surface area contributed by atoms with Crippen LogP contribution in [0.4, 0.5) is 0 Å². The molecule has 0 aliphatic heterocycles. The summed E-state index contributed by atoms with van der Waals surface area (Å²) in [5.41, 5.74) is 6.05. The topological polar surface area (TPSA) is 41.1 Å². The van der Waals surface area contributed by atoms with Crippen LogP contribution in [0, 0.1) is 11.3 Å². The summed E-state index contributed by atoms with van der Waals surface area (Å²) in [4.78, 5) is 4.51. The Hall–Kier alpha value is -2.90. The number of aromatic nitrogens is 2. The van der Waals surface area contributed by atoms with Gasteiger partial charge in [-0.05, 0) is 52.2 Å². The summed E-state index contributed by atoms with van der Waals surface area (Å²) >= 11 is 1.69. The molecule has 0 unspecified atom stereocenters. The zero-order chi connectivity index (χ0) is 14.9. The van der Waals surface area contributed by atoms with Gasteiger partial charge in [-0.15, -0.1) is 0 Å². The molecule has 3 heterocycles. The molecule has 4 rings (SSSR count). The molecule has 3 aromatic heterocycles. The van der Waals surface area contributed by atoms with Crippen molar-refractivity contribution in [2.75, 3.05) is 0 Å². The molecule has 0 atom stereocenters. The van der Waals surface area contributed by atoms with Crippen molar-refractivity contribution in [1.29, 1.82) is 5.26 Å². The fourth-order valence-electron chi connectivity index (χ4n) is 2.52. The molecular formula is C18H11N3S. The summed E-state index contributed by atoms with van der Waals surface area (Å²) in [7, 11) is 0. The molecule has 0 amide bonds. The molecule has 0 aliphatic carbocycles. The van der Waals surface area contributed by atoms with E-state index in [0.717, 1.165) is 16.9 Å². The first kappa shape index (κ1) is 12.8. The Bertz CT molecular complexity index is 974. The SMILES string of the molecule is N#Cc1ccc(-c2cnc3cc(-c4ccsc4)ccn23)cc1. The summed E-state index contributed by atoms with van der Waals surface area (Å²) in [5, 5.41) is 13.1. The second-order valence-corrected chi connectivity index (χ2v) is 5.77. The van der Waals surface area contributed by atoms with Crippen LogP contribution in [-0.4, -0.2) is 9.38 Å². The van der Waals surface area contributed by atoms with E-state index in [1.165, 1.54) is 11.1 Å². The average molecular weight is 301 g/mol. The average Bonchev–Trinajstić information content (AvgIpc) is 3.24. The highest BCUT2D eigenvalue weighted by atomic mass is 32.1. The van der Waals surface area contributed by atoms with Crippen LogP contribution < -0.4 is 0 Å². The van der Waals surface area contributed by atoms with E-state index in [2.05, 4.69) is 44.4 Å². The lowest BCUT2D eigenvalue weighted by molar-refractivity contribution is 1.19. The van der Waals surface area contributed by atoms with Gasteiger partial charge in [0.05, 0.1) is 23.5 Å². The van der Waals surface area contributed by atoms with Crippen LogP contribution in [0.25, 0.3) is 28.0 Å². The molecule has 0 saturated heterocycles. The zero-order valence-electron chi connectivity index (χ0n) is 11.6. The molecular weight excluding hydrogens is 290 g/mol. The summed E-state index contributed by atoms with van der Waals surface area (Å²) in [6.45, 7) is 0. The molecule has 0 bridgehead atoms. The van der Waals surface area contributed by atoms with Crippen LogP contribution in [0.15, 0.2) is 65.6 Å². The monoisotopic (exact) mass is 301 g/mol. The molecule has 0 aliphatic rings. The number of thiophene rings is 1. The Morgan fingerprint density at radius 2 is 1.86 bits per heavy atom. The quantitative estimate of drug-likeness (QED) is 0.543. The third-order valence-corrected chi connectivity index (χ3v) is 4.36. The van der Waals surface area contributed by atoms with Gasteiger partial charge in [-0.2, -0.15) is 16.6 Å². The lowest BCUT2D eigenvalue weighted by Crippen LogP contribution is -1.89. The Balaban J connectivity index is 1.81.